The van der Waals surface area contributed by atoms with Gasteiger partial charge in [-0.15, -0.1) is 0 Å². The number of pyridine rings is 1. The highest BCUT2D eigenvalue weighted by molar-refractivity contribution is 5.89. The lowest BCUT2D eigenvalue weighted by atomic mass is 10.1. The second-order valence-corrected chi connectivity index (χ2v) is 4.82. The number of carboxylic acid groups (broad SMARTS) is 1. The van der Waals surface area contributed by atoms with Crippen LogP contribution in [0, 0.1) is 5.92 Å². The number of ether oxygens (including phenoxy) is 1. The van der Waals surface area contributed by atoms with E-state index in [1.165, 1.54) is 6.20 Å². The molecule has 108 valence electrons. The number of carbonyl (C=O) groups excluding carboxylic acids is 1. The average molecular weight is 278 g/mol. The fourth-order valence-electron chi connectivity index (χ4n) is 2.36. The molecule has 0 spiro atoms. The molecule has 1 aromatic rings. The summed E-state index contributed by atoms with van der Waals surface area (Å²) in [6.07, 6.45) is 2.54. The maximum absolute atomic E-state index is 11.5. The number of esters is 1. The lowest BCUT2D eigenvalue weighted by molar-refractivity contribution is -0.137. The molecule has 0 aliphatic carbocycles. The zero-order chi connectivity index (χ0) is 14.5. The summed E-state index contributed by atoms with van der Waals surface area (Å²) >= 11 is 0. The van der Waals surface area contributed by atoms with Crippen molar-refractivity contribution >= 4 is 17.8 Å². The summed E-state index contributed by atoms with van der Waals surface area (Å²) in [6.45, 7) is 3.58. The molecular formula is C14H18N2O4. The molecule has 0 amide bonds. The van der Waals surface area contributed by atoms with Gasteiger partial charge in [-0.3, -0.25) is 4.79 Å². The van der Waals surface area contributed by atoms with Gasteiger partial charge in [0.05, 0.1) is 12.2 Å². The molecular weight excluding hydrogens is 260 g/mol. The Morgan fingerprint density at radius 1 is 1.50 bits per heavy atom. The van der Waals surface area contributed by atoms with E-state index in [-0.39, 0.29) is 18.3 Å². The second kappa shape index (κ2) is 6.36. The molecule has 0 radical (unpaired) electrons. The molecule has 1 saturated heterocycles. The molecule has 0 bridgehead atoms. The number of hydrogen-bond donors (Lipinski definition) is 1. The Hall–Kier alpha value is -2.11. The van der Waals surface area contributed by atoms with E-state index < -0.39 is 5.97 Å². The van der Waals surface area contributed by atoms with Gasteiger partial charge in [0.25, 0.3) is 0 Å². The van der Waals surface area contributed by atoms with Crippen molar-refractivity contribution in [2.45, 2.75) is 19.8 Å². The summed E-state index contributed by atoms with van der Waals surface area (Å²) < 4.78 is 4.90. The van der Waals surface area contributed by atoms with Crippen molar-refractivity contribution in [3.8, 4) is 0 Å². The molecule has 0 aromatic carbocycles. The van der Waals surface area contributed by atoms with E-state index in [1.807, 2.05) is 4.90 Å². The van der Waals surface area contributed by atoms with Gasteiger partial charge in [-0.2, -0.15) is 0 Å². The van der Waals surface area contributed by atoms with E-state index in [9.17, 15) is 9.59 Å². The molecule has 1 aliphatic rings. The summed E-state index contributed by atoms with van der Waals surface area (Å²) in [5, 5.41) is 8.79. The Bertz CT molecular complexity index is 486. The van der Waals surface area contributed by atoms with Crippen LogP contribution < -0.4 is 4.90 Å². The first-order valence-corrected chi connectivity index (χ1v) is 6.70. The summed E-state index contributed by atoms with van der Waals surface area (Å²) in [5.74, 6) is -0.204. The molecule has 1 unspecified atom stereocenters. The summed E-state index contributed by atoms with van der Waals surface area (Å²) in [4.78, 5) is 28.5. The largest absolute Gasteiger partial charge is 0.481 e. The molecule has 0 saturated carbocycles. The summed E-state index contributed by atoms with van der Waals surface area (Å²) in [6, 6.07) is 3.46. The van der Waals surface area contributed by atoms with Crippen LogP contribution in [0.15, 0.2) is 18.3 Å². The van der Waals surface area contributed by atoms with E-state index in [0.717, 1.165) is 18.8 Å². The lowest BCUT2D eigenvalue weighted by Crippen LogP contribution is -2.21. The number of carbonyl (C=O) groups is 2. The van der Waals surface area contributed by atoms with Crippen molar-refractivity contribution < 1.29 is 19.4 Å². The third-order valence-corrected chi connectivity index (χ3v) is 3.33. The number of carboxylic acids is 1. The average Bonchev–Trinajstić information content (AvgIpc) is 2.87. The van der Waals surface area contributed by atoms with Crippen LogP contribution in [0.25, 0.3) is 0 Å². The van der Waals surface area contributed by atoms with Crippen LogP contribution in [-0.2, 0) is 9.53 Å². The highest BCUT2D eigenvalue weighted by Gasteiger charge is 2.25. The fraction of sp³-hybridized carbons (Fsp3) is 0.500. The van der Waals surface area contributed by atoms with Crippen molar-refractivity contribution in [3.63, 3.8) is 0 Å². The Labute approximate surface area is 117 Å². The van der Waals surface area contributed by atoms with Crippen molar-refractivity contribution in [3.05, 3.63) is 23.9 Å². The molecule has 1 atom stereocenters. The third kappa shape index (κ3) is 3.46. The van der Waals surface area contributed by atoms with Crippen LogP contribution in [0.5, 0.6) is 0 Å². The second-order valence-electron chi connectivity index (χ2n) is 4.82. The normalized spacial score (nSPS) is 18.1. The molecule has 6 heteroatoms. The monoisotopic (exact) mass is 278 g/mol. The van der Waals surface area contributed by atoms with Gasteiger partial charge in [-0.25, -0.2) is 9.78 Å². The predicted octanol–water partition coefficient (Wildman–Crippen LogP) is 1.56. The van der Waals surface area contributed by atoms with Gasteiger partial charge in [0, 0.05) is 25.7 Å². The summed E-state index contributed by atoms with van der Waals surface area (Å²) in [7, 11) is 0. The zero-order valence-electron chi connectivity index (χ0n) is 11.4. The first-order chi connectivity index (χ1) is 9.60. The van der Waals surface area contributed by atoms with Crippen molar-refractivity contribution in [2.24, 2.45) is 5.92 Å². The van der Waals surface area contributed by atoms with Crippen LogP contribution in [0.2, 0.25) is 0 Å². The van der Waals surface area contributed by atoms with Crippen LogP contribution in [-0.4, -0.2) is 41.7 Å². The van der Waals surface area contributed by atoms with Crippen LogP contribution in [0.3, 0.4) is 0 Å². The number of rotatable bonds is 5. The highest BCUT2D eigenvalue weighted by Crippen LogP contribution is 2.24. The van der Waals surface area contributed by atoms with Crippen LogP contribution in [0.1, 0.15) is 30.1 Å². The summed E-state index contributed by atoms with van der Waals surface area (Å²) in [5.41, 5.74) is 0.428. The Morgan fingerprint density at radius 3 is 2.90 bits per heavy atom. The van der Waals surface area contributed by atoms with Crippen LogP contribution >= 0.6 is 0 Å². The quantitative estimate of drug-likeness (QED) is 0.823. The molecule has 20 heavy (non-hydrogen) atoms. The molecule has 1 aliphatic heterocycles. The number of aliphatic carboxylic acids is 1. The third-order valence-electron chi connectivity index (χ3n) is 3.33. The van der Waals surface area contributed by atoms with Gasteiger partial charge in [-0.1, -0.05) is 0 Å². The molecule has 1 fully saturated rings. The first-order valence-electron chi connectivity index (χ1n) is 6.70. The predicted molar refractivity (Wildman–Crippen MR) is 72.8 cm³/mol. The fourth-order valence-corrected chi connectivity index (χ4v) is 2.36. The molecule has 6 nitrogen and oxygen atoms in total. The maximum atomic E-state index is 11.5. The number of aromatic nitrogens is 1. The van der Waals surface area contributed by atoms with E-state index in [2.05, 4.69) is 4.98 Å². The Kier molecular flexibility index (Phi) is 4.55. The van der Waals surface area contributed by atoms with E-state index in [0.29, 0.717) is 18.7 Å². The SMILES string of the molecule is CCOC(=O)c1ccc(N2CCC(CC(=O)O)C2)nc1. The van der Waals surface area contributed by atoms with Gasteiger partial charge in [0.2, 0.25) is 0 Å². The topological polar surface area (TPSA) is 79.7 Å². The van der Waals surface area contributed by atoms with Crippen molar-refractivity contribution in [2.75, 3.05) is 24.6 Å². The molecule has 2 heterocycles. The van der Waals surface area contributed by atoms with Gasteiger partial charge >= 0.3 is 11.9 Å². The minimum atomic E-state index is -0.762. The standard InChI is InChI=1S/C14H18N2O4/c1-2-20-14(19)11-3-4-12(15-8-11)16-6-5-10(9-16)7-13(17)18/h3-4,8,10H,2,5-7,9H2,1H3,(H,17,18). The van der Waals surface area contributed by atoms with Gasteiger partial charge in [0.1, 0.15) is 5.82 Å². The van der Waals surface area contributed by atoms with Gasteiger partial charge in [0.15, 0.2) is 0 Å². The Balaban J connectivity index is 1.97. The molecule has 2 rings (SSSR count). The number of anilines is 1. The number of nitrogens with zero attached hydrogens (tertiary/aromatic N) is 2. The smallest absolute Gasteiger partial charge is 0.339 e. The number of hydrogen-bond acceptors (Lipinski definition) is 5. The van der Waals surface area contributed by atoms with Crippen molar-refractivity contribution in [1.29, 1.82) is 0 Å². The van der Waals surface area contributed by atoms with Crippen molar-refractivity contribution in [1.82, 2.24) is 4.98 Å². The first kappa shape index (κ1) is 14.3. The van der Waals surface area contributed by atoms with E-state index >= 15 is 0 Å². The van der Waals surface area contributed by atoms with E-state index in [4.69, 9.17) is 9.84 Å². The lowest BCUT2D eigenvalue weighted by Gasteiger charge is -2.17. The molecule has 1 aromatic heterocycles. The molecule has 1 N–H and O–H groups in total. The minimum Gasteiger partial charge on any atom is -0.481 e. The van der Waals surface area contributed by atoms with Crippen LogP contribution in [0.4, 0.5) is 5.82 Å². The van der Waals surface area contributed by atoms with Gasteiger partial charge < -0.3 is 14.7 Å². The zero-order valence-corrected chi connectivity index (χ0v) is 11.4. The Morgan fingerprint density at radius 2 is 2.30 bits per heavy atom. The highest BCUT2D eigenvalue weighted by atomic mass is 16.5. The van der Waals surface area contributed by atoms with Gasteiger partial charge in [-0.05, 0) is 31.4 Å². The van der Waals surface area contributed by atoms with E-state index in [1.54, 1.807) is 19.1 Å². The minimum absolute atomic E-state index is 0.166. The maximum Gasteiger partial charge on any atom is 0.339 e.